The fraction of sp³-hybridized carbons (Fsp3) is 0.176. The van der Waals surface area contributed by atoms with Gasteiger partial charge in [0.15, 0.2) is 0 Å². The van der Waals surface area contributed by atoms with Crippen molar-refractivity contribution in [2.24, 2.45) is 0 Å². The lowest BCUT2D eigenvalue weighted by molar-refractivity contribution is -0.138. The normalized spacial score (nSPS) is 13.8. The quantitative estimate of drug-likeness (QED) is 0.756. The molecule has 25 heavy (non-hydrogen) atoms. The smallest absolute Gasteiger partial charge is 0.326 e. The molecule has 1 heterocycles. The molecule has 0 radical (unpaired) electrons. The molecule has 2 aromatic carbocycles. The number of carbonyl (C=O) groups is 2. The second-order valence-corrected chi connectivity index (χ2v) is 6.42. The Balaban J connectivity index is 1.82. The van der Waals surface area contributed by atoms with E-state index in [-0.39, 0.29) is 16.1 Å². The van der Waals surface area contributed by atoms with E-state index >= 15 is 0 Å². The summed E-state index contributed by atoms with van der Waals surface area (Å²) in [7, 11) is 0. The third kappa shape index (κ3) is 3.84. The first-order valence-corrected chi connectivity index (χ1v) is 8.14. The average molecular weight is 413 g/mol. The zero-order chi connectivity index (χ0) is 18.2. The van der Waals surface area contributed by atoms with Gasteiger partial charge in [0.05, 0.1) is 5.56 Å². The summed E-state index contributed by atoms with van der Waals surface area (Å²) >= 11 is 2.86. The Morgan fingerprint density at radius 2 is 1.88 bits per heavy atom. The molecule has 0 saturated heterocycles. The molecule has 3 rings (SSSR count). The second-order valence-electron chi connectivity index (χ2n) is 5.57. The van der Waals surface area contributed by atoms with Crippen LogP contribution in [0.25, 0.3) is 0 Å². The van der Waals surface area contributed by atoms with Crippen molar-refractivity contribution in [3.05, 3.63) is 57.6 Å². The predicted octanol–water partition coefficient (Wildman–Crippen LogP) is 4.60. The van der Waals surface area contributed by atoms with Crippen molar-refractivity contribution in [1.29, 1.82) is 0 Å². The number of nitrogens with one attached hydrogen (secondary N) is 2. The van der Waals surface area contributed by atoms with Gasteiger partial charge < -0.3 is 10.6 Å². The highest BCUT2D eigenvalue weighted by molar-refractivity contribution is 9.10. The molecule has 0 aliphatic carbocycles. The molecule has 0 aromatic heterocycles. The summed E-state index contributed by atoms with van der Waals surface area (Å²) in [5.41, 5.74) is 0.964. The number of hydrogen-bond donors (Lipinski definition) is 2. The Morgan fingerprint density at radius 3 is 2.60 bits per heavy atom. The van der Waals surface area contributed by atoms with Gasteiger partial charge in [0.1, 0.15) is 0 Å². The molecule has 2 aromatic rings. The standard InChI is InChI=1S/C17H12BrF3N2O2/c18-13-4-3-11(8-12(13)17(19,20)21)22-16(25)10-1-5-14-9(7-10)2-6-15(24)23-14/h1,3-5,7-8H,2,6H2,(H,22,25)(H,23,24). The zero-order valence-electron chi connectivity index (χ0n) is 12.7. The first-order chi connectivity index (χ1) is 11.7. The molecule has 1 aliphatic rings. The number of rotatable bonds is 2. The van der Waals surface area contributed by atoms with Crippen molar-refractivity contribution in [3.63, 3.8) is 0 Å². The first-order valence-electron chi connectivity index (χ1n) is 7.35. The van der Waals surface area contributed by atoms with E-state index in [1.807, 2.05) is 0 Å². The Kier molecular flexibility index (Phi) is 4.55. The Hall–Kier alpha value is -2.35. The maximum Gasteiger partial charge on any atom is 0.417 e. The summed E-state index contributed by atoms with van der Waals surface area (Å²) in [6.45, 7) is 0. The Morgan fingerprint density at radius 1 is 1.12 bits per heavy atom. The third-order valence-electron chi connectivity index (χ3n) is 3.79. The van der Waals surface area contributed by atoms with Gasteiger partial charge >= 0.3 is 6.18 Å². The first kappa shape index (κ1) is 17.5. The van der Waals surface area contributed by atoms with E-state index in [4.69, 9.17) is 0 Å². The lowest BCUT2D eigenvalue weighted by atomic mass is 10.00. The minimum Gasteiger partial charge on any atom is -0.326 e. The summed E-state index contributed by atoms with van der Waals surface area (Å²) in [5, 5.41) is 5.17. The van der Waals surface area contributed by atoms with E-state index in [2.05, 4.69) is 26.6 Å². The highest BCUT2D eigenvalue weighted by Gasteiger charge is 2.33. The number of aryl methyl sites for hydroxylation is 1. The molecule has 0 fully saturated rings. The van der Waals surface area contributed by atoms with Crippen LogP contribution in [0, 0.1) is 0 Å². The number of fused-ring (bicyclic) bond motifs is 1. The number of benzene rings is 2. The molecule has 0 bridgehead atoms. The van der Waals surface area contributed by atoms with Gasteiger partial charge in [-0.1, -0.05) is 15.9 Å². The molecule has 0 saturated carbocycles. The number of hydrogen-bond acceptors (Lipinski definition) is 2. The fourth-order valence-corrected chi connectivity index (χ4v) is 3.02. The largest absolute Gasteiger partial charge is 0.417 e. The van der Waals surface area contributed by atoms with E-state index in [1.165, 1.54) is 18.2 Å². The van der Waals surface area contributed by atoms with Crippen molar-refractivity contribution < 1.29 is 22.8 Å². The van der Waals surface area contributed by atoms with Gasteiger partial charge in [-0.2, -0.15) is 13.2 Å². The van der Waals surface area contributed by atoms with E-state index < -0.39 is 17.6 Å². The van der Waals surface area contributed by atoms with E-state index in [9.17, 15) is 22.8 Å². The van der Waals surface area contributed by atoms with E-state index in [1.54, 1.807) is 12.1 Å². The van der Waals surface area contributed by atoms with Crippen molar-refractivity contribution in [2.75, 3.05) is 10.6 Å². The average Bonchev–Trinajstić information content (AvgIpc) is 2.55. The molecular formula is C17H12BrF3N2O2. The van der Waals surface area contributed by atoms with Crippen molar-refractivity contribution in [1.82, 2.24) is 0 Å². The molecular weight excluding hydrogens is 401 g/mol. The Bertz CT molecular complexity index is 865. The van der Waals surface area contributed by atoms with Gasteiger partial charge in [-0.3, -0.25) is 9.59 Å². The molecule has 0 spiro atoms. The maximum absolute atomic E-state index is 12.9. The second kappa shape index (κ2) is 6.51. The molecule has 8 heteroatoms. The predicted molar refractivity (Wildman–Crippen MR) is 90.5 cm³/mol. The minimum atomic E-state index is -4.52. The number of halogens is 4. The van der Waals surface area contributed by atoms with Crippen LogP contribution in [0.2, 0.25) is 0 Å². The summed E-state index contributed by atoms with van der Waals surface area (Å²) in [6.07, 6.45) is -3.68. The van der Waals surface area contributed by atoms with Crippen LogP contribution in [0.4, 0.5) is 24.5 Å². The fourth-order valence-electron chi connectivity index (χ4n) is 2.55. The van der Waals surface area contributed by atoms with Crippen LogP contribution in [0.3, 0.4) is 0 Å². The Labute approximate surface area is 149 Å². The lowest BCUT2D eigenvalue weighted by Gasteiger charge is -2.17. The summed E-state index contributed by atoms with van der Waals surface area (Å²) in [5.74, 6) is -0.602. The number of anilines is 2. The van der Waals surface area contributed by atoms with Gasteiger partial charge in [-0.05, 0) is 48.4 Å². The molecule has 2 amide bonds. The molecule has 4 nitrogen and oxygen atoms in total. The van der Waals surface area contributed by atoms with Crippen LogP contribution in [-0.4, -0.2) is 11.8 Å². The molecule has 0 atom stereocenters. The van der Waals surface area contributed by atoms with Gasteiger partial charge in [0.2, 0.25) is 5.91 Å². The van der Waals surface area contributed by atoms with Crippen LogP contribution >= 0.6 is 15.9 Å². The van der Waals surface area contributed by atoms with Gasteiger partial charge in [0, 0.05) is 27.8 Å². The minimum absolute atomic E-state index is 0.0477. The molecule has 2 N–H and O–H groups in total. The van der Waals surface area contributed by atoms with Gasteiger partial charge in [0.25, 0.3) is 5.91 Å². The summed E-state index contributed by atoms with van der Waals surface area (Å²) in [4.78, 5) is 23.7. The number of carbonyl (C=O) groups excluding carboxylic acids is 2. The van der Waals surface area contributed by atoms with Crippen molar-refractivity contribution in [2.45, 2.75) is 19.0 Å². The van der Waals surface area contributed by atoms with Crippen LogP contribution in [-0.2, 0) is 17.4 Å². The highest BCUT2D eigenvalue weighted by atomic mass is 79.9. The van der Waals surface area contributed by atoms with Gasteiger partial charge in [-0.15, -0.1) is 0 Å². The van der Waals surface area contributed by atoms with Crippen LogP contribution in [0.1, 0.15) is 27.9 Å². The van der Waals surface area contributed by atoms with Crippen LogP contribution in [0.15, 0.2) is 40.9 Å². The number of amides is 2. The zero-order valence-corrected chi connectivity index (χ0v) is 14.3. The highest BCUT2D eigenvalue weighted by Crippen LogP contribution is 2.36. The van der Waals surface area contributed by atoms with Crippen molar-refractivity contribution >= 4 is 39.1 Å². The SMILES string of the molecule is O=C1CCc2cc(C(=O)Nc3ccc(Br)c(C(F)(F)F)c3)ccc2N1. The summed E-state index contributed by atoms with van der Waals surface area (Å²) < 4.78 is 38.7. The van der Waals surface area contributed by atoms with Crippen LogP contribution in [0.5, 0.6) is 0 Å². The van der Waals surface area contributed by atoms with Gasteiger partial charge in [-0.25, -0.2) is 0 Å². The molecule has 0 unspecified atom stereocenters. The molecule has 1 aliphatic heterocycles. The van der Waals surface area contributed by atoms with E-state index in [0.29, 0.717) is 24.1 Å². The van der Waals surface area contributed by atoms with Crippen molar-refractivity contribution in [3.8, 4) is 0 Å². The lowest BCUT2D eigenvalue weighted by Crippen LogP contribution is -2.20. The van der Waals surface area contributed by atoms with E-state index in [0.717, 1.165) is 11.6 Å². The maximum atomic E-state index is 12.9. The number of alkyl halides is 3. The third-order valence-corrected chi connectivity index (χ3v) is 4.48. The summed E-state index contributed by atoms with van der Waals surface area (Å²) in [6, 6.07) is 8.26. The van der Waals surface area contributed by atoms with Crippen LogP contribution < -0.4 is 10.6 Å². The topological polar surface area (TPSA) is 58.2 Å². The monoisotopic (exact) mass is 412 g/mol. The molecule has 130 valence electrons.